The molecule has 0 aromatic heterocycles. The van der Waals surface area contributed by atoms with E-state index in [-0.39, 0.29) is 27.9 Å². The number of nitrogens with one attached hydrogen (secondary N) is 3. The van der Waals surface area contributed by atoms with Gasteiger partial charge in [0.15, 0.2) is 0 Å². The number of rotatable bonds is 6. The molecule has 0 aliphatic rings. The number of alkyl halides is 3. The third-order valence-corrected chi connectivity index (χ3v) is 5.36. The number of amides is 2. The highest BCUT2D eigenvalue weighted by atomic mass is 32.2. The number of hydrogen-bond acceptors (Lipinski definition) is 4. The number of benzene rings is 2. The van der Waals surface area contributed by atoms with E-state index in [4.69, 9.17) is 0 Å². The fourth-order valence-corrected chi connectivity index (χ4v) is 3.80. The molecule has 3 N–H and O–H groups in total. The van der Waals surface area contributed by atoms with E-state index in [1.807, 2.05) is 0 Å². The van der Waals surface area contributed by atoms with Gasteiger partial charge in [-0.15, -0.1) is 0 Å². The number of carbonyl (C=O) groups is 2. The van der Waals surface area contributed by atoms with Crippen LogP contribution in [-0.2, 0) is 21.0 Å². The van der Waals surface area contributed by atoms with Crippen molar-refractivity contribution in [3.8, 4) is 0 Å². The Bertz CT molecular complexity index is 1070. The predicted octanol–water partition coefficient (Wildman–Crippen LogP) is 3.60. The lowest BCUT2D eigenvalue weighted by Gasteiger charge is -2.15. The normalized spacial score (nSPS) is 12.0. The van der Waals surface area contributed by atoms with Crippen LogP contribution in [0.15, 0.2) is 47.4 Å². The minimum atomic E-state index is -4.66. The Balaban J connectivity index is 2.40. The maximum Gasteiger partial charge on any atom is 0.416 e. The van der Waals surface area contributed by atoms with Crippen molar-refractivity contribution >= 4 is 33.2 Å². The lowest BCUT2D eigenvalue weighted by atomic mass is 10.1. The SMILES string of the molecule is CC(=O)Nc1ccc(C(F)(F)F)cc1NC(=O)c1cccc(S(=O)(=O)NC(C)C)c1. The zero-order valence-corrected chi connectivity index (χ0v) is 17.1. The van der Waals surface area contributed by atoms with E-state index < -0.39 is 33.6 Å². The van der Waals surface area contributed by atoms with Crippen LogP contribution < -0.4 is 15.4 Å². The molecule has 30 heavy (non-hydrogen) atoms. The molecule has 0 heterocycles. The Morgan fingerprint density at radius 3 is 2.20 bits per heavy atom. The first kappa shape index (κ1) is 23.4. The highest BCUT2D eigenvalue weighted by Crippen LogP contribution is 2.34. The van der Waals surface area contributed by atoms with Gasteiger partial charge in [-0.2, -0.15) is 13.2 Å². The molecule has 0 aliphatic carbocycles. The van der Waals surface area contributed by atoms with Crippen LogP contribution >= 0.6 is 0 Å². The third-order valence-electron chi connectivity index (χ3n) is 3.70. The number of halogens is 3. The largest absolute Gasteiger partial charge is 0.416 e. The van der Waals surface area contributed by atoms with Crippen LogP contribution in [0, 0.1) is 0 Å². The second-order valence-corrected chi connectivity index (χ2v) is 8.41. The average molecular weight is 443 g/mol. The molecule has 11 heteroatoms. The molecule has 0 aliphatic heterocycles. The van der Waals surface area contributed by atoms with Crippen molar-refractivity contribution in [1.82, 2.24) is 4.72 Å². The molecule has 2 rings (SSSR count). The van der Waals surface area contributed by atoms with Crippen molar-refractivity contribution in [3.63, 3.8) is 0 Å². The number of carbonyl (C=O) groups excluding carboxylic acids is 2. The zero-order valence-electron chi connectivity index (χ0n) is 16.3. The Morgan fingerprint density at radius 2 is 1.63 bits per heavy atom. The Morgan fingerprint density at radius 1 is 0.967 bits per heavy atom. The molecule has 0 radical (unpaired) electrons. The van der Waals surface area contributed by atoms with Gasteiger partial charge < -0.3 is 10.6 Å². The van der Waals surface area contributed by atoms with Gasteiger partial charge in [0.2, 0.25) is 15.9 Å². The highest BCUT2D eigenvalue weighted by Gasteiger charge is 2.31. The van der Waals surface area contributed by atoms with E-state index in [1.165, 1.54) is 25.1 Å². The summed E-state index contributed by atoms with van der Waals surface area (Å²) < 4.78 is 66.1. The van der Waals surface area contributed by atoms with Crippen LogP contribution in [0.25, 0.3) is 0 Å². The maximum atomic E-state index is 13.0. The van der Waals surface area contributed by atoms with Crippen molar-refractivity contribution in [2.24, 2.45) is 0 Å². The van der Waals surface area contributed by atoms with E-state index in [9.17, 15) is 31.2 Å². The molecule has 162 valence electrons. The topological polar surface area (TPSA) is 104 Å². The minimum absolute atomic E-state index is 0.0332. The molecule has 0 bridgehead atoms. The van der Waals surface area contributed by atoms with Crippen molar-refractivity contribution in [2.75, 3.05) is 10.6 Å². The van der Waals surface area contributed by atoms with Gasteiger partial charge in [0.05, 0.1) is 21.8 Å². The van der Waals surface area contributed by atoms with Gasteiger partial charge in [0, 0.05) is 18.5 Å². The van der Waals surface area contributed by atoms with E-state index in [2.05, 4.69) is 15.4 Å². The molecule has 0 saturated carbocycles. The van der Waals surface area contributed by atoms with Crippen LogP contribution in [-0.4, -0.2) is 26.3 Å². The quantitative estimate of drug-likeness (QED) is 0.635. The lowest BCUT2D eigenvalue weighted by molar-refractivity contribution is -0.137. The molecule has 2 aromatic rings. The van der Waals surface area contributed by atoms with Crippen LogP contribution in [0.3, 0.4) is 0 Å². The summed E-state index contributed by atoms with van der Waals surface area (Å²) in [7, 11) is -3.87. The Kier molecular flexibility index (Phi) is 6.88. The molecule has 0 fully saturated rings. The van der Waals surface area contributed by atoms with Crippen molar-refractivity contribution in [2.45, 2.75) is 37.9 Å². The molecule has 7 nitrogen and oxygen atoms in total. The molecular formula is C19H20F3N3O4S. The molecule has 0 spiro atoms. The third kappa shape index (κ3) is 6.04. The van der Waals surface area contributed by atoms with Crippen molar-refractivity contribution in [3.05, 3.63) is 53.6 Å². The molecule has 0 saturated heterocycles. The first-order valence-corrected chi connectivity index (χ1v) is 10.2. The van der Waals surface area contributed by atoms with Crippen LogP contribution in [0.2, 0.25) is 0 Å². The summed E-state index contributed by atoms with van der Waals surface area (Å²) >= 11 is 0. The highest BCUT2D eigenvalue weighted by molar-refractivity contribution is 7.89. The zero-order chi connectivity index (χ0) is 22.7. The summed E-state index contributed by atoms with van der Waals surface area (Å²) in [6.07, 6.45) is -4.66. The van der Waals surface area contributed by atoms with Crippen molar-refractivity contribution < 1.29 is 31.2 Å². The molecular weight excluding hydrogens is 423 g/mol. The van der Waals surface area contributed by atoms with Gasteiger partial charge in [0.25, 0.3) is 5.91 Å². The predicted molar refractivity (Wildman–Crippen MR) is 106 cm³/mol. The Hall–Kier alpha value is -2.92. The van der Waals surface area contributed by atoms with Gasteiger partial charge in [0.1, 0.15) is 0 Å². The van der Waals surface area contributed by atoms with E-state index in [1.54, 1.807) is 13.8 Å². The fraction of sp³-hybridized carbons (Fsp3) is 0.263. The second-order valence-electron chi connectivity index (χ2n) is 6.70. The fourth-order valence-electron chi connectivity index (χ4n) is 2.50. The summed E-state index contributed by atoms with van der Waals surface area (Å²) in [6.45, 7) is 4.43. The van der Waals surface area contributed by atoms with Gasteiger partial charge in [-0.05, 0) is 50.2 Å². The average Bonchev–Trinajstić information content (AvgIpc) is 2.61. The lowest BCUT2D eigenvalue weighted by Crippen LogP contribution is -2.30. The molecule has 0 atom stereocenters. The first-order chi connectivity index (χ1) is 13.8. The molecule has 0 unspecified atom stereocenters. The second kappa shape index (κ2) is 8.84. The summed E-state index contributed by atoms with van der Waals surface area (Å²) in [4.78, 5) is 23.7. The van der Waals surface area contributed by atoms with Crippen LogP contribution in [0.1, 0.15) is 36.7 Å². The van der Waals surface area contributed by atoms with E-state index in [0.29, 0.717) is 6.07 Å². The maximum absolute atomic E-state index is 13.0. The first-order valence-electron chi connectivity index (χ1n) is 8.72. The smallest absolute Gasteiger partial charge is 0.325 e. The van der Waals surface area contributed by atoms with E-state index in [0.717, 1.165) is 18.2 Å². The molecule has 2 amide bonds. The summed E-state index contributed by atoms with van der Waals surface area (Å²) in [5.41, 5.74) is -1.43. The number of hydrogen-bond donors (Lipinski definition) is 3. The molecule has 2 aromatic carbocycles. The number of anilines is 2. The van der Waals surface area contributed by atoms with Gasteiger partial charge in [-0.3, -0.25) is 9.59 Å². The summed E-state index contributed by atoms with van der Waals surface area (Å²) in [5.74, 6) is -1.39. The number of sulfonamides is 1. The minimum Gasteiger partial charge on any atom is -0.325 e. The Labute approximate surface area is 171 Å². The monoisotopic (exact) mass is 443 g/mol. The standard InChI is InChI=1S/C19H20F3N3O4S/c1-11(2)25-30(28,29)15-6-4-5-13(9-15)18(27)24-17-10-14(19(20,21)22)7-8-16(17)23-12(3)26/h4-11,25H,1-3H3,(H,23,26)(H,24,27). The van der Waals surface area contributed by atoms with Gasteiger partial charge in [-0.25, -0.2) is 13.1 Å². The summed E-state index contributed by atoms with van der Waals surface area (Å²) in [5, 5.41) is 4.63. The summed E-state index contributed by atoms with van der Waals surface area (Å²) in [6, 6.07) is 7.14. The van der Waals surface area contributed by atoms with Crippen LogP contribution in [0.5, 0.6) is 0 Å². The van der Waals surface area contributed by atoms with Gasteiger partial charge >= 0.3 is 6.18 Å². The van der Waals surface area contributed by atoms with Crippen LogP contribution in [0.4, 0.5) is 24.5 Å². The van der Waals surface area contributed by atoms with E-state index >= 15 is 0 Å². The van der Waals surface area contributed by atoms with Crippen molar-refractivity contribution in [1.29, 1.82) is 0 Å². The van der Waals surface area contributed by atoms with Gasteiger partial charge in [-0.1, -0.05) is 6.07 Å².